The summed E-state index contributed by atoms with van der Waals surface area (Å²) in [5.41, 5.74) is 1.27. The van der Waals surface area contributed by atoms with E-state index >= 15 is 0 Å². The summed E-state index contributed by atoms with van der Waals surface area (Å²) in [6.07, 6.45) is 0.0482. The van der Waals surface area contributed by atoms with Gasteiger partial charge in [0.1, 0.15) is 6.61 Å². The van der Waals surface area contributed by atoms with Crippen LogP contribution in [-0.2, 0) is 32.6 Å². The van der Waals surface area contributed by atoms with E-state index in [0.29, 0.717) is 21.2 Å². The van der Waals surface area contributed by atoms with E-state index in [9.17, 15) is 13.2 Å². The van der Waals surface area contributed by atoms with Crippen molar-refractivity contribution in [1.82, 2.24) is 4.31 Å². The van der Waals surface area contributed by atoms with Crippen molar-refractivity contribution in [1.29, 1.82) is 0 Å². The van der Waals surface area contributed by atoms with E-state index in [1.165, 1.54) is 26.2 Å². The molecule has 134 valence electrons. The number of carbonyl (C=O) groups excluding carboxylic acids is 1. The molecule has 2 aromatic rings. The van der Waals surface area contributed by atoms with Gasteiger partial charge in [-0.15, -0.1) is 0 Å². The van der Waals surface area contributed by atoms with Gasteiger partial charge in [-0.3, -0.25) is 4.79 Å². The Kier molecular flexibility index (Phi) is 6.46. The molecule has 8 heteroatoms. The fourth-order valence-electron chi connectivity index (χ4n) is 2.04. The molecule has 0 heterocycles. The molecule has 2 rings (SSSR count). The zero-order chi connectivity index (χ0) is 18.6. The maximum absolute atomic E-state index is 12.1. The monoisotopic (exact) mass is 401 g/mol. The Hall–Kier alpha value is -1.60. The lowest BCUT2D eigenvalue weighted by atomic mass is 10.1. The third kappa shape index (κ3) is 5.19. The smallest absolute Gasteiger partial charge is 0.310 e. The summed E-state index contributed by atoms with van der Waals surface area (Å²) in [6.45, 7) is -0.0169. The van der Waals surface area contributed by atoms with Crippen LogP contribution in [0.1, 0.15) is 11.1 Å². The molecular formula is C17H17Cl2NO4S. The minimum absolute atomic E-state index is 0.0169. The molecule has 0 radical (unpaired) electrons. The number of halogens is 2. The molecule has 0 bridgehead atoms. The van der Waals surface area contributed by atoms with E-state index in [1.54, 1.807) is 30.3 Å². The molecule has 0 aliphatic rings. The third-order valence-corrected chi connectivity index (χ3v) is 5.96. The second kappa shape index (κ2) is 8.19. The van der Waals surface area contributed by atoms with Crippen LogP contribution in [0.3, 0.4) is 0 Å². The van der Waals surface area contributed by atoms with Crippen molar-refractivity contribution in [2.24, 2.45) is 0 Å². The quantitative estimate of drug-likeness (QED) is 0.694. The Morgan fingerprint density at radius 3 is 2.40 bits per heavy atom. The maximum Gasteiger partial charge on any atom is 0.310 e. The summed E-state index contributed by atoms with van der Waals surface area (Å²) >= 11 is 11.7. The predicted octanol–water partition coefficient (Wildman–Crippen LogP) is 3.53. The van der Waals surface area contributed by atoms with Crippen molar-refractivity contribution < 1.29 is 17.9 Å². The van der Waals surface area contributed by atoms with Gasteiger partial charge in [-0.2, -0.15) is 0 Å². The molecule has 0 saturated carbocycles. The Morgan fingerprint density at radius 1 is 1.04 bits per heavy atom. The van der Waals surface area contributed by atoms with Crippen LogP contribution in [-0.4, -0.2) is 32.8 Å². The van der Waals surface area contributed by atoms with E-state index in [1.807, 2.05) is 0 Å². The largest absolute Gasteiger partial charge is 0.461 e. The molecule has 0 N–H and O–H groups in total. The molecule has 0 aromatic heterocycles. The highest BCUT2D eigenvalue weighted by atomic mass is 35.5. The van der Waals surface area contributed by atoms with Crippen LogP contribution < -0.4 is 0 Å². The van der Waals surface area contributed by atoms with E-state index in [0.717, 1.165) is 4.31 Å². The van der Waals surface area contributed by atoms with E-state index in [4.69, 9.17) is 27.9 Å². The van der Waals surface area contributed by atoms with E-state index in [2.05, 4.69) is 0 Å². The first kappa shape index (κ1) is 19.7. The van der Waals surface area contributed by atoms with Crippen molar-refractivity contribution in [2.45, 2.75) is 17.9 Å². The summed E-state index contributed by atoms with van der Waals surface area (Å²) in [7, 11) is -0.614. The standard InChI is InChI=1S/C17H17Cl2NO4S/c1-20(2)25(22,23)14-5-3-4-13(8-14)11-24-17(21)10-12-6-7-15(18)16(19)9-12/h3-9H,10-11H2,1-2H3. The van der Waals surface area contributed by atoms with Crippen LogP contribution in [0.5, 0.6) is 0 Å². The van der Waals surface area contributed by atoms with Crippen LogP contribution in [0.15, 0.2) is 47.4 Å². The zero-order valence-electron chi connectivity index (χ0n) is 13.7. The van der Waals surface area contributed by atoms with E-state index < -0.39 is 16.0 Å². The number of carbonyl (C=O) groups is 1. The van der Waals surface area contributed by atoms with Gasteiger partial charge in [-0.1, -0.05) is 41.4 Å². The van der Waals surface area contributed by atoms with Crippen molar-refractivity contribution in [3.05, 3.63) is 63.6 Å². The Bertz CT molecular complexity index is 882. The number of rotatable bonds is 6. The molecule has 0 aliphatic carbocycles. The van der Waals surface area contributed by atoms with Crippen LogP contribution >= 0.6 is 23.2 Å². The Morgan fingerprint density at radius 2 is 1.76 bits per heavy atom. The fourth-order valence-corrected chi connectivity index (χ4v) is 3.33. The van der Waals surface area contributed by atoms with Crippen molar-refractivity contribution >= 4 is 39.2 Å². The van der Waals surface area contributed by atoms with Gasteiger partial charge in [0.25, 0.3) is 0 Å². The average molecular weight is 402 g/mol. The van der Waals surface area contributed by atoms with Gasteiger partial charge in [0.05, 0.1) is 21.4 Å². The Balaban J connectivity index is 2.01. The first-order chi connectivity index (χ1) is 11.7. The highest BCUT2D eigenvalue weighted by Crippen LogP contribution is 2.23. The third-order valence-electron chi connectivity index (χ3n) is 3.41. The second-order valence-corrected chi connectivity index (χ2v) is 8.49. The lowest BCUT2D eigenvalue weighted by molar-refractivity contribution is -0.144. The molecule has 25 heavy (non-hydrogen) atoms. The van der Waals surface area contributed by atoms with Gasteiger partial charge in [-0.25, -0.2) is 12.7 Å². The molecular weight excluding hydrogens is 385 g/mol. The highest BCUT2D eigenvalue weighted by molar-refractivity contribution is 7.89. The predicted molar refractivity (Wildman–Crippen MR) is 97.3 cm³/mol. The maximum atomic E-state index is 12.1. The second-order valence-electron chi connectivity index (χ2n) is 5.52. The summed E-state index contributed by atoms with van der Waals surface area (Å²) in [4.78, 5) is 12.1. The number of esters is 1. The van der Waals surface area contributed by atoms with Gasteiger partial charge in [0, 0.05) is 14.1 Å². The molecule has 0 spiro atoms. The van der Waals surface area contributed by atoms with Crippen LogP contribution in [0.4, 0.5) is 0 Å². The summed E-state index contributed by atoms with van der Waals surface area (Å²) in [5.74, 6) is -0.445. The molecule has 0 unspecified atom stereocenters. The minimum atomic E-state index is -3.53. The average Bonchev–Trinajstić information content (AvgIpc) is 2.56. The molecule has 0 amide bonds. The van der Waals surface area contributed by atoms with Gasteiger partial charge in [0.15, 0.2) is 0 Å². The van der Waals surface area contributed by atoms with Gasteiger partial charge in [-0.05, 0) is 35.4 Å². The lowest BCUT2D eigenvalue weighted by Crippen LogP contribution is -2.22. The highest BCUT2D eigenvalue weighted by Gasteiger charge is 2.17. The summed E-state index contributed by atoms with van der Waals surface area (Å²) in [5, 5.41) is 0.784. The molecule has 0 fully saturated rings. The van der Waals surface area contributed by atoms with Crippen LogP contribution in [0.2, 0.25) is 10.0 Å². The van der Waals surface area contributed by atoms with Crippen molar-refractivity contribution in [3.8, 4) is 0 Å². The molecule has 0 atom stereocenters. The number of hydrogen-bond acceptors (Lipinski definition) is 4. The normalized spacial score (nSPS) is 11.6. The number of ether oxygens (including phenoxy) is 1. The SMILES string of the molecule is CN(C)S(=O)(=O)c1cccc(COC(=O)Cc2ccc(Cl)c(Cl)c2)c1. The number of sulfonamides is 1. The van der Waals surface area contributed by atoms with Crippen LogP contribution in [0, 0.1) is 0 Å². The Labute approximate surface area is 157 Å². The topological polar surface area (TPSA) is 63.7 Å². The minimum Gasteiger partial charge on any atom is -0.461 e. The fraction of sp³-hybridized carbons (Fsp3) is 0.235. The number of nitrogens with zero attached hydrogens (tertiary/aromatic N) is 1. The van der Waals surface area contributed by atoms with Crippen molar-refractivity contribution in [2.75, 3.05) is 14.1 Å². The number of hydrogen-bond donors (Lipinski definition) is 0. The zero-order valence-corrected chi connectivity index (χ0v) is 16.0. The summed E-state index contributed by atoms with van der Waals surface area (Å²) in [6, 6.07) is 11.2. The van der Waals surface area contributed by atoms with Gasteiger partial charge in [0.2, 0.25) is 10.0 Å². The summed E-state index contributed by atoms with van der Waals surface area (Å²) < 4.78 is 30.6. The first-order valence-corrected chi connectivity index (χ1v) is 9.51. The molecule has 0 aliphatic heterocycles. The first-order valence-electron chi connectivity index (χ1n) is 7.31. The molecule has 5 nitrogen and oxygen atoms in total. The lowest BCUT2D eigenvalue weighted by Gasteiger charge is -2.12. The molecule has 2 aromatic carbocycles. The molecule has 0 saturated heterocycles. The van der Waals surface area contributed by atoms with Gasteiger partial charge < -0.3 is 4.74 Å². The van der Waals surface area contributed by atoms with Crippen LogP contribution in [0.25, 0.3) is 0 Å². The van der Waals surface area contributed by atoms with Gasteiger partial charge >= 0.3 is 5.97 Å². The number of benzene rings is 2. The van der Waals surface area contributed by atoms with E-state index in [-0.39, 0.29) is 17.9 Å². The van der Waals surface area contributed by atoms with Crippen molar-refractivity contribution in [3.63, 3.8) is 0 Å².